The molecule has 5 nitrogen and oxygen atoms in total. The van der Waals surface area contributed by atoms with E-state index in [9.17, 15) is 0 Å². The third-order valence-corrected chi connectivity index (χ3v) is 4.54. The Hall–Kier alpha value is -1.82. The van der Waals surface area contributed by atoms with Crippen molar-refractivity contribution in [2.75, 3.05) is 18.4 Å². The largest absolute Gasteiger partial charge is 0.361 e. The highest BCUT2D eigenvalue weighted by Gasteiger charge is 2.16. The van der Waals surface area contributed by atoms with Crippen LogP contribution in [-0.2, 0) is 0 Å². The molecular weight excluding hydrogens is 345 g/mol. The maximum Gasteiger partial charge on any atom is 0.223 e. The van der Waals surface area contributed by atoms with E-state index in [-0.39, 0.29) is 12.4 Å². The van der Waals surface area contributed by atoms with E-state index < -0.39 is 0 Å². The number of H-pyrrole nitrogens is 1. The first kappa shape index (κ1) is 17.0. The van der Waals surface area contributed by atoms with Gasteiger partial charge in [0.05, 0.1) is 16.9 Å². The summed E-state index contributed by atoms with van der Waals surface area (Å²) < 4.78 is 0. The lowest BCUT2D eigenvalue weighted by atomic mass is 10.1. The summed E-state index contributed by atoms with van der Waals surface area (Å²) in [5, 5.41) is 8.47. The molecule has 1 fully saturated rings. The second-order valence-electron chi connectivity index (χ2n) is 5.80. The van der Waals surface area contributed by atoms with Gasteiger partial charge in [-0.05, 0) is 38.1 Å². The molecular formula is C17H19Cl2N5. The average Bonchev–Trinajstić information content (AvgIpc) is 3.06. The summed E-state index contributed by atoms with van der Waals surface area (Å²) in [6.45, 7) is 2.06. The molecule has 0 unspecified atom stereocenters. The fraction of sp³-hybridized carbons (Fsp3) is 0.294. The zero-order valence-corrected chi connectivity index (χ0v) is 14.6. The SMILES string of the molecule is Cl.Clc1cnc(NC2CCNCC2)nc1-c1cccc2[nH]ccc12. The van der Waals surface area contributed by atoms with Gasteiger partial charge in [0.2, 0.25) is 5.95 Å². The van der Waals surface area contributed by atoms with Gasteiger partial charge in [0, 0.05) is 28.7 Å². The number of piperidine rings is 1. The number of hydrogen-bond donors (Lipinski definition) is 3. The molecule has 0 radical (unpaired) electrons. The molecule has 3 heterocycles. The number of nitrogens with zero attached hydrogens (tertiary/aromatic N) is 2. The molecule has 4 rings (SSSR count). The topological polar surface area (TPSA) is 65.6 Å². The zero-order valence-electron chi connectivity index (χ0n) is 13.1. The van der Waals surface area contributed by atoms with Crippen molar-refractivity contribution >= 4 is 40.9 Å². The van der Waals surface area contributed by atoms with Gasteiger partial charge in [-0.3, -0.25) is 0 Å². The lowest BCUT2D eigenvalue weighted by Gasteiger charge is -2.23. The molecule has 0 saturated carbocycles. The van der Waals surface area contributed by atoms with Crippen LogP contribution in [0.15, 0.2) is 36.7 Å². The summed E-state index contributed by atoms with van der Waals surface area (Å²) in [5.41, 5.74) is 2.86. The summed E-state index contributed by atoms with van der Waals surface area (Å²) in [4.78, 5) is 12.2. The van der Waals surface area contributed by atoms with Crippen molar-refractivity contribution in [2.45, 2.75) is 18.9 Å². The minimum absolute atomic E-state index is 0. The van der Waals surface area contributed by atoms with Gasteiger partial charge in [0.1, 0.15) is 0 Å². The maximum absolute atomic E-state index is 6.37. The quantitative estimate of drug-likeness (QED) is 0.660. The fourth-order valence-electron chi connectivity index (χ4n) is 3.07. The summed E-state index contributed by atoms with van der Waals surface area (Å²) in [7, 11) is 0. The van der Waals surface area contributed by atoms with E-state index >= 15 is 0 Å². The van der Waals surface area contributed by atoms with Crippen molar-refractivity contribution in [3.8, 4) is 11.3 Å². The van der Waals surface area contributed by atoms with E-state index in [2.05, 4.69) is 25.6 Å². The molecule has 1 aliphatic rings. The Bertz CT molecular complexity index is 827. The predicted octanol–water partition coefficient (Wildman–Crippen LogP) is 3.86. The van der Waals surface area contributed by atoms with Crippen LogP contribution in [0.1, 0.15) is 12.8 Å². The molecule has 0 bridgehead atoms. The Kier molecular flexibility index (Phi) is 5.23. The number of hydrogen-bond acceptors (Lipinski definition) is 4. The maximum atomic E-state index is 6.37. The molecule has 0 spiro atoms. The van der Waals surface area contributed by atoms with Crippen LogP contribution in [0.2, 0.25) is 5.02 Å². The van der Waals surface area contributed by atoms with Crippen LogP contribution in [0, 0.1) is 0 Å². The van der Waals surface area contributed by atoms with Crippen LogP contribution in [-0.4, -0.2) is 34.1 Å². The van der Waals surface area contributed by atoms with Crippen LogP contribution in [0.5, 0.6) is 0 Å². The zero-order chi connectivity index (χ0) is 15.6. The molecule has 2 aromatic heterocycles. The average molecular weight is 364 g/mol. The molecule has 1 saturated heterocycles. The highest BCUT2D eigenvalue weighted by molar-refractivity contribution is 6.33. The Morgan fingerprint density at radius 2 is 2.00 bits per heavy atom. The number of fused-ring (bicyclic) bond motifs is 1. The van der Waals surface area contributed by atoms with Gasteiger partial charge in [0.25, 0.3) is 0 Å². The Balaban J connectivity index is 0.00000169. The molecule has 0 atom stereocenters. The van der Waals surface area contributed by atoms with Gasteiger partial charge in [-0.25, -0.2) is 9.97 Å². The predicted molar refractivity (Wildman–Crippen MR) is 101 cm³/mol. The van der Waals surface area contributed by atoms with Crippen LogP contribution in [0.4, 0.5) is 5.95 Å². The van der Waals surface area contributed by atoms with Crippen molar-refractivity contribution in [2.24, 2.45) is 0 Å². The molecule has 7 heteroatoms. The van der Waals surface area contributed by atoms with E-state index in [1.165, 1.54) is 0 Å². The molecule has 1 aliphatic heterocycles. The first-order valence-electron chi connectivity index (χ1n) is 7.87. The van der Waals surface area contributed by atoms with E-state index in [1.807, 2.05) is 30.5 Å². The molecule has 3 aromatic rings. The molecule has 0 amide bonds. The third-order valence-electron chi connectivity index (χ3n) is 4.27. The summed E-state index contributed by atoms with van der Waals surface area (Å²) >= 11 is 6.37. The highest BCUT2D eigenvalue weighted by Crippen LogP contribution is 2.32. The smallest absolute Gasteiger partial charge is 0.223 e. The van der Waals surface area contributed by atoms with Crippen LogP contribution in [0.25, 0.3) is 22.2 Å². The van der Waals surface area contributed by atoms with E-state index in [4.69, 9.17) is 11.6 Å². The van der Waals surface area contributed by atoms with Crippen molar-refractivity contribution in [3.63, 3.8) is 0 Å². The Labute approximate surface area is 151 Å². The van der Waals surface area contributed by atoms with E-state index in [0.29, 0.717) is 17.0 Å². The van der Waals surface area contributed by atoms with Crippen molar-refractivity contribution < 1.29 is 0 Å². The van der Waals surface area contributed by atoms with E-state index in [1.54, 1.807) is 6.20 Å². The summed E-state index contributed by atoms with van der Waals surface area (Å²) in [5.74, 6) is 0.642. The molecule has 1 aromatic carbocycles. The van der Waals surface area contributed by atoms with Gasteiger partial charge >= 0.3 is 0 Å². The van der Waals surface area contributed by atoms with Crippen LogP contribution in [0.3, 0.4) is 0 Å². The normalized spacial score (nSPS) is 15.2. The van der Waals surface area contributed by atoms with Gasteiger partial charge in [0.15, 0.2) is 0 Å². The van der Waals surface area contributed by atoms with Crippen molar-refractivity contribution in [1.82, 2.24) is 20.3 Å². The first-order valence-corrected chi connectivity index (χ1v) is 8.25. The number of halogens is 2. The molecule has 126 valence electrons. The monoisotopic (exact) mass is 363 g/mol. The second-order valence-corrected chi connectivity index (χ2v) is 6.21. The van der Waals surface area contributed by atoms with Gasteiger partial charge < -0.3 is 15.6 Å². The number of benzene rings is 1. The molecule has 24 heavy (non-hydrogen) atoms. The van der Waals surface area contributed by atoms with Gasteiger partial charge in [-0.15, -0.1) is 12.4 Å². The van der Waals surface area contributed by atoms with Gasteiger partial charge in [-0.1, -0.05) is 23.7 Å². The lowest BCUT2D eigenvalue weighted by Crippen LogP contribution is -2.35. The molecule has 3 N–H and O–H groups in total. The highest BCUT2D eigenvalue weighted by atomic mass is 35.5. The minimum atomic E-state index is 0. The standard InChI is InChI=1S/C17H18ClN5.ClH/c18-14-10-21-17(22-11-4-7-19-8-5-11)23-16(14)13-2-1-3-15-12(13)6-9-20-15;/h1-3,6,9-11,19-20H,4-5,7-8H2,(H,21,22,23);1H. The minimum Gasteiger partial charge on any atom is -0.361 e. The Morgan fingerprint density at radius 1 is 1.17 bits per heavy atom. The summed E-state index contributed by atoms with van der Waals surface area (Å²) in [6.07, 6.45) is 5.76. The number of rotatable bonds is 3. The van der Waals surface area contributed by atoms with E-state index in [0.717, 1.165) is 48.1 Å². The summed E-state index contributed by atoms with van der Waals surface area (Å²) in [6, 6.07) is 8.55. The van der Waals surface area contributed by atoms with Gasteiger partial charge in [-0.2, -0.15) is 0 Å². The second kappa shape index (κ2) is 7.38. The fourth-order valence-corrected chi connectivity index (χ4v) is 3.26. The third kappa shape index (κ3) is 3.34. The number of aromatic nitrogens is 3. The van der Waals surface area contributed by atoms with Crippen LogP contribution >= 0.6 is 24.0 Å². The van der Waals surface area contributed by atoms with Crippen LogP contribution < -0.4 is 10.6 Å². The Morgan fingerprint density at radius 3 is 2.83 bits per heavy atom. The van der Waals surface area contributed by atoms with Crippen molar-refractivity contribution in [3.05, 3.63) is 41.7 Å². The molecule has 0 aliphatic carbocycles. The number of aromatic amines is 1. The van der Waals surface area contributed by atoms with Crippen molar-refractivity contribution in [1.29, 1.82) is 0 Å². The first-order chi connectivity index (χ1) is 11.3. The number of nitrogens with one attached hydrogen (secondary N) is 3. The number of anilines is 1. The lowest BCUT2D eigenvalue weighted by molar-refractivity contribution is 0.477.